The zero-order valence-electron chi connectivity index (χ0n) is 12.7. The molecule has 0 saturated heterocycles. The van der Waals surface area contributed by atoms with Gasteiger partial charge in [-0.3, -0.25) is 0 Å². The average molecular weight is 250 g/mol. The second-order valence-electron chi connectivity index (χ2n) is 5.75. The second kappa shape index (κ2) is 8.34. The molecule has 1 aromatic rings. The first-order valence-corrected chi connectivity index (χ1v) is 7.69. The maximum absolute atomic E-state index is 4.47. The van der Waals surface area contributed by atoms with Crippen molar-refractivity contribution in [3.63, 3.8) is 0 Å². The Morgan fingerprint density at radius 1 is 1.06 bits per heavy atom. The van der Waals surface area contributed by atoms with E-state index in [1.54, 1.807) is 0 Å². The third-order valence-electron chi connectivity index (χ3n) is 3.67. The van der Waals surface area contributed by atoms with Crippen LogP contribution in [0.1, 0.15) is 90.4 Å². The molecule has 1 aromatic heterocycles. The van der Waals surface area contributed by atoms with Gasteiger partial charge in [0.25, 0.3) is 0 Å². The van der Waals surface area contributed by atoms with E-state index in [4.69, 9.17) is 0 Å². The van der Waals surface area contributed by atoms with Gasteiger partial charge in [0.1, 0.15) is 5.82 Å². The lowest BCUT2D eigenvalue weighted by molar-refractivity contribution is 0.449. The quantitative estimate of drug-likeness (QED) is 0.542. The van der Waals surface area contributed by atoms with Gasteiger partial charge in [0, 0.05) is 24.4 Å². The van der Waals surface area contributed by atoms with Crippen LogP contribution in [0.2, 0.25) is 0 Å². The van der Waals surface area contributed by atoms with Crippen LogP contribution in [-0.2, 0) is 0 Å². The van der Waals surface area contributed by atoms with Crippen LogP contribution in [0.25, 0.3) is 0 Å². The molecule has 1 heterocycles. The van der Waals surface area contributed by atoms with Crippen LogP contribution < -0.4 is 0 Å². The van der Waals surface area contributed by atoms with Gasteiger partial charge in [0.05, 0.1) is 0 Å². The fraction of sp³-hybridized carbons (Fsp3) is 0.812. The summed E-state index contributed by atoms with van der Waals surface area (Å²) in [5.41, 5.74) is 0. The van der Waals surface area contributed by atoms with E-state index in [-0.39, 0.29) is 0 Å². The highest BCUT2D eigenvalue weighted by Gasteiger charge is 2.11. The molecule has 0 fully saturated rings. The first-order chi connectivity index (χ1) is 8.66. The molecule has 0 N–H and O–H groups in total. The number of unbranched alkanes of at least 4 members (excludes halogenated alkanes) is 5. The van der Waals surface area contributed by atoms with Crippen molar-refractivity contribution < 1.29 is 0 Å². The van der Waals surface area contributed by atoms with Crippen LogP contribution in [0.5, 0.6) is 0 Å². The van der Waals surface area contributed by atoms with Crippen LogP contribution in [0.3, 0.4) is 0 Å². The van der Waals surface area contributed by atoms with Crippen molar-refractivity contribution in [2.24, 2.45) is 0 Å². The zero-order valence-corrected chi connectivity index (χ0v) is 12.7. The van der Waals surface area contributed by atoms with Crippen molar-refractivity contribution in [2.75, 3.05) is 0 Å². The first kappa shape index (κ1) is 15.3. The minimum Gasteiger partial charge on any atom is -0.332 e. The van der Waals surface area contributed by atoms with Crippen molar-refractivity contribution in [3.05, 3.63) is 18.2 Å². The monoisotopic (exact) mass is 250 g/mol. The SMILES string of the molecule is CCCCCCCCC(C)n1ccnc1C(C)C. The molecule has 0 aliphatic rings. The summed E-state index contributed by atoms with van der Waals surface area (Å²) in [6.07, 6.45) is 13.6. The lowest BCUT2D eigenvalue weighted by Crippen LogP contribution is -2.09. The van der Waals surface area contributed by atoms with E-state index in [0.29, 0.717) is 12.0 Å². The Bertz CT molecular complexity index is 315. The van der Waals surface area contributed by atoms with E-state index in [2.05, 4.69) is 43.4 Å². The van der Waals surface area contributed by atoms with Gasteiger partial charge >= 0.3 is 0 Å². The number of hydrogen-bond acceptors (Lipinski definition) is 1. The molecule has 0 aliphatic heterocycles. The summed E-state index contributed by atoms with van der Waals surface area (Å²) < 4.78 is 2.36. The smallest absolute Gasteiger partial charge is 0.111 e. The third kappa shape index (κ3) is 4.83. The number of rotatable bonds is 9. The predicted octanol–water partition coefficient (Wildman–Crippen LogP) is 5.32. The van der Waals surface area contributed by atoms with Gasteiger partial charge < -0.3 is 4.57 Å². The lowest BCUT2D eigenvalue weighted by Gasteiger charge is -2.18. The van der Waals surface area contributed by atoms with Crippen LogP contribution in [-0.4, -0.2) is 9.55 Å². The standard InChI is InChI=1S/C16H30N2/c1-5-6-7-8-9-10-11-15(4)18-13-12-17-16(18)14(2)3/h12-15H,5-11H2,1-4H3. The summed E-state index contributed by atoms with van der Waals surface area (Å²) in [6, 6.07) is 0.594. The van der Waals surface area contributed by atoms with Gasteiger partial charge in [0.2, 0.25) is 0 Å². The molecule has 104 valence electrons. The van der Waals surface area contributed by atoms with Crippen LogP contribution in [0.15, 0.2) is 12.4 Å². The van der Waals surface area contributed by atoms with E-state index >= 15 is 0 Å². The summed E-state index contributed by atoms with van der Waals surface area (Å²) >= 11 is 0. The first-order valence-electron chi connectivity index (χ1n) is 7.69. The fourth-order valence-electron chi connectivity index (χ4n) is 2.50. The van der Waals surface area contributed by atoms with Gasteiger partial charge in [-0.15, -0.1) is 0 Å². The highest BCUT2D eigenvalue weighted by atomic mass is 15.1. The molecule has 0 spiro atoms. The molecule has 1 unspecified atom stereocenters. The van der Waals surface area contributed by atoms with Crippen molar-refractivity contribution in [3.8, 4) is 0 Å². The van der Waals surface area contributed by atoms with E-state index < -0.39 is 0 Å². The molecule has 2 heteroatoms. The topological polar surface area (TPSA) is 17.8 Å². The molecular weight excluding hydrogens is 220 g/mol. The maximum Gasteiger partial charge on any atom is 0.111 e. The Morgan fingerprint density at radius 3 is 2.39 bits per heavy atom. The molecule has 2 nitrogen and oxygen atoms in total. The lowest BCUT2D eigenvalue weighted by atomic mass is 10.1. The van der Waals surface area contributed by atoms with Crippen molar-refractivity contribution in [2.45, 2.75) is 84.6 Å². The van der Waals surface area contributed by atoms with Crippen LogP contribution in [0, 0.1) is 0 Å². The van der Waals surface area contributed by atoms with Crippen LogP contribution >= 0.6 is 0 Å². The zero-order chi connectivity index (χ0) is 13.4. The number of nitrogens with zero attached hydrogens (tertiary/aromatic N) is 2. The molecular formula is C16H30N2. The minimum atomic E-state index is 0.520. The molecule has 18 heavy (non-hydrogen) atoms. The minimum absolute atomic E-state index is 0.520. The molecule has 0 amide bonds. The van der Waals surface area contributed by atoms with E-state index in [0.717, 1.165) is 0 Å². The van der Waals surface area contributed by atoms with Gasteiger partial charge in [-0.1, -0.05) is 59.3 Å². The molecule has 1 atom stereocenters. The average Bonchev–Trinajstić information content (AvgIpc) is 2.82. The molecule has 0 aromatic carbocycles. The Morgan fingerprint density at radius 2 is 1.72 bits per heavy atom. The Hall–Kier alpha value is -0.790. The Labute approximate surface area is 113 Å². The largest absolute Gasteiger partial charge is 0.332 e. The summed E-state index contributed by atoms with van der Waals surface area (Å²) in [6.45, 7) is 9.03. The summed E-state index contributed by atoms with van der Waals surface area (Å²) in [4.78, 5) is 4.47. The second-order valence-corrected chi connectivity index (χ2v) is 5.75. The molecule has 0 saturated carbocycles. The van der Waals surface area contributed by atoms with Crippen LogP contribution in [0.4, 0.5) is 0 Å². The molecule has 0 radical (unpaired) electrons. The van der Waals surface area contributed by atoms with Crippen molar-refractivity contribution in [1.29, 1.82) is 0 Å². The Balaban J connectivity index is 2.27. The van der Waals surface area contributed by atoms with Gasteiger partial charge in [-0.2, -0.15) is 0 Å². The fourth-order valence-corrected chi connectivity index (χ4v) is 2.50. The van der Waals surface area contributed by atoms with E-state index in [9.17, 15) is 0 Å². The van der Waals surface area contributed by atoms with Gasteiger partial charge in [-0.05, 0) is 13.3 Å². The number of imidazole rings is 1. The summed E-state index contributed by atoms with van der Waals surface area (Å²) in [5.74, 6) is 1.75. The molecule has 1 rings (SSSR count). The summed E-state index contributed by atoms with van der Waals surface area (Å²) in [5, 5.41) is 0. The summed E-state index contributed by atoms with van der Waals surface area (Å²) in [7, 11) is 0. The highest BCUT2D eigenvalue weighted by Crippen LogP contribution is 2.21. The number of hydrogen-bond donors (Lipinski definition) is 0. The van der Waals surface area contributed by atoms with Crippen molar-refractivity contribution in [1.82, 2.24) is 9.55 Å². The third-order valence-corrected chi connectivity index (χ3v) is 3.67. The number of aromatic nitrogens is 2. The van der Waals surface area contributed by atoms with E-state index in [1.165, 1.54) is 50.8 Å². The molecule has 0 bridgehead atoms. The highest BCUT2D eigenvalue weighted by molar-refractivity contribution is 4.99. The van der Waals surface area contributed by atoms with E-state index in [1.807, 2.05) is 6.20 Å². The molecule has 0 aliphatic carbocycles. The predicted molar refractivity (Wildman–Crippen MR) is 79.0 cm³/mol. The normalized spacial score (nSPS) is 13.2. The van der Waals surface area contributed by atoms with Gasteiger partial charge in [0.15, 0.2) is 0 Å². The van der Waals surface area contributed by atoms with Gasteiger partial charge in [-0.25, -0.2) is 4.98 Å². The maximum atomic E-state index is 4.47. The Kier molecular flexibility index (Phi) is 7.07. The van der Waals surface area contributed by atoms with Crippen molar-refractivity contribution >= 4 is 0 Å².